The zero-order valence-electron chi connectivity index (χ0n) is 12.8. The van der Waals surface area contributed by atoms with Gasteiger partial charge in [-0.1, -0.05) is 78.1 Å². The van der Waals surface area contributed by atoms with Crippen molar-refractivity contribution in [1.29, 1.82) is 0 Å². The molecule has 0 aromatic rings. The monoisotopic (exact) mass is 269 g/mol. The molecule has 3 heteroatoms. The molecule has 0 saturated heterocycles. The van der Waals surface area contributed by atoms with Gasteiger partial charge in [-0.15, -0.1) is 4.91 Å². The molecule has 0 heterocycles. The number of amides is 1. The van der Waals surface area contributed by atoms with Crippen LogP contribution in [0, 0.1) is 10.8 Å². The minimum absolute atomic E-state index is 0.111. The summed E-state index contributed by atoms with van der Waals surface area (Å²) < 4.78 is 0. The van der Waals surface area contributed by atoms with E-state index in [1.54, 1.807) is 0 Å². The van der Waals surface area contributed by atoms with Crippen LogP contribution in [0.1, 0.15) is 90.9 Å². The van der Waals surface area contributed by atoms with E-state index in [-0.39, 0.29) is 5.92 Å². The van der Waals surface area contributed by atoms with Crippen molar-refractivity contribution in [1.82, 2.24) is 0 Å². The average Bonchev–Trinajstić information content (AvgIpc) is 2.44. The van der Waals surface area contributed by atoms with Gasteiger partial charge in [-0.3, -0.25) is 4.79 Å². The minimum atomic E-state index is -0.426. The van der Waals surface area contributed by atoms with Gasteiger partial charge in [-0.05, 0) is 12.8 Å². The average molecular weight is 269 g/mol. The fourth-order valence-electron chi connectivity index (χ4n) is 2.45. The Morgan fingerprint density at radius 1 is 0.789 bits per heavy atom. The Morgan fingerprint density at radius 3 is 1.68 bits per heavy atom. The van der Waals surface area contributed by atoms with Crippen molar-refractivity contribution in [2.75, 3.05) is 0 Å². The summed E-state index contributed by atoms with van der Waals surface area (Å²) in [6, 6.07) is 0. The van der Waals surface area contributed by atoms with Crippen LogP contribution in [0.3, 0.4) is 0 Å². The lowest BCUT2D eigenvalue weighted by Crippen LogP contribution is -2.11. The van der Waals surface area contributed by atoms with Crippen molar-refractivity contribution >= 4 is 5.91 Å². The Balaban J connectivity index is 3.74. The summed E-state index contributed by atoms with van der Waals surface area (Å²) >= 11 is 0. The Hall–Kier alpha value is -0.730. The zero-order valence-corrected chi connectivity index (χ0v) is 12.8. The highest BCUT2D eigenvalue weighted by Gasteiger charge is 2.18. The van der Waals surface area contributed by atoms with Crippen molar-refractivity contribution in [3.63, 3.8) is 0 Å². The van der Waals surface area contributed by atoms with Crippen LogP contribution in [0.4, 0.5) is 0 Å². The van der Waals surface area contributed by atoms with Gasteiger partial charge in [-0.25, -0.2) is 0 Å². The van der Waals surface area contributed by atoms with Crippen molar-refractivity contribution in [3.8, 4) is 0 Å². The van der Waals surface area contributed by atoms with E-state index < -0.39 is 5.91 Å². The van der Waals surface area contributed by atoms with Crippen LogP contribution in [0.2, 0.25) is 0 Å². The summed E-state index contributed by atoms with van der Waals surface area (Å²) in [6.07, 6.45) is 13.7. The van der Waals surface area contributed by atoms with E-state index in [9.17, 15) is 9.70 Å². The van der Waals surface area contributed by atoms with Crippen molar-refractivity contribution < 1.29 is 4.79 Å². The van der Waals surface area contributed by atoms with Crippen LogP contribution in [0.5, 0.6) is 0 Å². The van der Waals surface area contributed by atoms with Crippen LogP contribution >= 0.6 is 0 Å². The molecular weight excluding hydrogens is 238 g/mol. The lowest BCUT2D eigenvalue weighted by molar-refractivity contribution is -0.122. The molecule has 3 nitrogen and oxygen atoms in total. The summed E-state index contributed by atoms with van der Waals surface area (Å²) in [7, 11) is 0. The summed E-state index contributed by atoms with van der Waals surface area (Å²) in [5.41, 5.74) is 0. The Labute approximate surface area is 118 Å². The third kappa shape index (κ3) is 10.8. The highest BCUT2D eigenvalue weighted by atomic mass is 16.3. The highest BCUT2D eigenvalue weighted by Crippen LogP contribution is 2.20. The maximum atomic E-state index is 11.5. The molecule has 0 fully saturated rings. The summed E-state index contributed by atoms with van der Waals surface area (Å²) in [6.45, 7) is 4.38. The first-order valence-electron chi connectivity index (χ1n) is 8.13. The molecule has 0 spiro atoms. The van der Waals surface area contributed by atoms with Gasteiger partial charge in [0.2, 0.25) is 0 Å². The second kappa shape index (κ2) is 13.7. The molecule has 1 unspecified atom stereocenters. The second-order valence-electron chi connectivity index (χ2n) is 5.53. The van der Waals surface area contributed by atoms with E-state index >= 15 is 0 Å². The molecule has 0 aliphatic heterocycles. The second-order valence-corrected chi connectivity index (χ2v) is 5.53. The molecule has 0 bridgehead atoms. The molecule has 0 aliphatic carbocycles. The van der Waals surface area contributed by atoms with Gasteiger partial charge >= 0.3 is 0 Å². The van der Waals surface area contributed by atoms with Gasteiger partial charge in [0.1, 0.15) is 0 Å². The fourth-order valence-corrected chi connectivity index (χ4v) is 2.45. The predicted octanol–water partition coefficient (Wildman–Crippen LogP) is 5.62. The smallest absolute Gasteiger partial charge is 0.269 e. The number of hydrogen-bond donors (Lipinski definition) is 0. The summed E-state index contributed by atoms with van der Waals surface area (Å²) in [5.74, 6) is -0.536. The van der Waals surface area contributed by atoms with E-state index in [4.69, 9.17) is 0 Å². The first-order chi connectivity index (χ1) is 9.26. The third-order valence-electron chi connectivity index (χ3n) is 3.75. The van der Waals surface area contributed by atoms with Crippen molar-refractivity contribution in [3.05, 3.63) is 4.91 Å². The molecule has 0 aliphatic rings. The molecule has 0 radical (unpaired) electrons. The molecular formula is C16H31NO2. The summed E-state index contributed by atoms with van der Waals surface area (Å²) in [4.78, 5) is 21.9. The standard InChI is InChI=1S/C16H31NO2/c1-3-5-7-9-10-12-14-15(16(18)17-19)13-11-8-6-4-2/h15H,3-14H2,1-2H3. The quantitative estimate of drug-likeness (QED) is 0.322. The number of nitroso groups, excluding NO2 is 1. The Morgan fingerprint density at radius 2 is 1.21 bits per heavy atom. The molecule has 112 valence electrons. The molecule has 0 saturated carbocycles. The lowest BCUT2D eigenvalue weighted by atomic mass is 9.94. The van der Waals surface area contributed by atoms with E-state index in [1.807, 2.05) is 0 Å². The van der Waals surface area contributed by atoms with E-state index in [0.29, 0.717) is 0 Å². The number of nitrogens with zero attached hydrogens (tertiary/aromatic N) is 1. The zero-order chi connectivity index (χ0) is 14.3. The maximum absolute atomic E-state index is 11.5. The van der Waals surface area contributed by atoms with Gasteiger partial charge in [0, 0.05) is 11.1 Å². The van der Waals surface area contributed by atoms with Gasteiger partial charge in [0.05, 0.1) is 0 Å². The van der Waals surface area contributed by atoms with Crippen LogP contribution in [-0.2, 0) is 4.79 Å². The van der Waals surface area contributed by atoms with Crippen LogP contribution in [0.25, 0.3) is 0 Å². The Kier molecular flexibility index (Phi) is 13.2. The first-order valence-corrected chi connectivity index (χ1v) is 8.13. The Bertz CT molecular complexity index is 229. The molecule has 0 rings (SSSR count). The predicted molar refractivity (Wildman–Crippen MR) is 81.0 cm³/mol. The van der Waals surface area contributed by atoms with Gasteiger partial charge < -0.3 is 0 Å². The topological polar surface area (TPSA) is 46.5 Å². The van der Waals surface area contributed by atoms with E-state index in [0.717, 1.165) is 32.1 Å². The first kappa shape index (κ1) is 18.3. The normalized spacial score (nSPS) is 12.3. The molecule has 19 heavy (non-hydrogen) atoms. The maximum Gasteiger partial charge on any atom is 0.289 e. The number of unbranched alkanes of at least 4 members (excludes halogenated alkanes) is 8. The van der Waals surface area contributed by atoms with Crippen LogP contribution in [0.15, 0.2) is 5.18 Å². The third-order valence-corrected chi connectivity index (χ3v) is 3.75. The molecule has 1 atom stereocenters. The molecule has 0 aromatic heterocycles. The summed E-state index contributed by atoms with van der Waals surface area (Å²) in [5, 5.41) is 2.63. The van der Waals surface area contributed by atoms with E-state index in [2.05, 4.69) is 19.0 Å². The lowest BCUT2D eigenvalue weighted by Gasteiger charge is -2.11. The number of hydrogen-bond acceptors (Lipinski definition) is 2. The van der Waals surface area contributed by atoms with Gasteiger partial charge in [0.25, 0.3) is 5.91 Å². The molecule has 0 N–H and O–H groups in total. The van der Waals surface area contributed by atoms with Crippen LogP contribution < -0.4 is 0 Å². The number of carbonyl (C=O) groups excluding carboxylic acids is 1. The van der Waals surface area contributed by atoms with E-state index in [1.165, 1.54) is 44.9 Å². The highest BCUT2D eigenvalue weighted by molar-refractivity contribution is 5.79. The van der Waals surface area contributed by atoms with Gasteiger partial charge in [-0.2, -0.15) is 0 Å². The molecule has 1 amide bonds. The minimum Gasteiger partial charge on any atom is -0.269 e. The van der Waals surface area contributed by atoms with Crippen molar-refractivity contribution in [2.24, 2.45) is 11.1 Å². The van der Waals surface area contributed by atoms with Crippen LogP contribution in [-0.4, -0.2) is 5.91 Å². The largest absolute Gasteiger partial charge is 0.289 e. The SMILES string of the molecule is CCCCCCCCC(CCCCCC)C(=O)N=O. The number of carbonyl (C=O) groups is 1. The van der Waals surface area contributed by atoms with Gasteiger partial charge in [0.15, 0.2) is 0 Å². The fraction of sp³-hybridized carbons (Fsp3) is 0.938. The number of rotatable bonds is 13. The molecule has 0 aromatic carbocycles. The van der Waals surface area contributed by atoms with Crippen molar-refractivity contribution in [2.45, 2.75) is 90.9 Å².